The normalized spacial score (nSPS) is 16.4. The number of fused-ring (bicyclic) bond motifs is 1. The summed E-state index contributed by atoms with van der Waals surface area (Å²) in [6.45, 7) is 8.42. The summed E-state index contributed by atoms with van der Waals surface area (Å²) < 4.78 is 28.6. The fourth-order valence-electron chi connectivity index (χ4n) is 5.14. The lowest BCUT2D eigenvalue weighted by molar-refractivity contribution is 0.0365. The lowest BCUT2D eigenvalue weighted by Gasteiger charge is -2.27. The van der Waals surface area contributed by atoms with E-state index in [2.05, 4.69) is 4.90 Å². The van der Waals surface area contributed by atoms with E-state index in [0.717, 1.165) is 52.0 Å². The molecule has 3 heterocycles. The van der Waals surface area contributed by atoms with Gasteiger partial charge in [-0.05, 0) is 49.1 Å². The molecule has 0 spiro atoms. The van der Waals surface area contributed by atoms with Crippen molar-refractivity contribution < 1.29 is 18.7 Å². The number of rotatable bonds is 8. The van der Waals surface area contributed by atoms with E-state index in [0.29, 0.717) is 54.3 Å². The van der Waals surface area contributed by atoms with Crippen LogP contribution in [-0.4, -0.2) is 72.8 Å². The minimum absolute atomic E-state index is 0.00856. The summed E-state index contributed by atoms with van der Waals surface area (Å²) in [5, 5.41) is 0.0327. The Morgan fingerprint density at radius 3 is 2.43 bits per heavy atom. The van der Waals surface area contributed by atoms with Crippen molar-refractivity contribution in [3.05, 3.63) is 64.2 Å². The molecule has 0 saturated carbocycles. The molecular formula is C29H34FN3O4. The van der Waals surface area contributed by atoms with Gasteiger partial charge in [-0.15, -0.1) is 0 Å². The molecule has 0 unspecified atom stereocenters. The number of hydrogen-bond donors (Lipinski definition) is 0. The van der Waals surface area contributed by atoms with E-state index < -0.39 is 5.82 Å². The van der Waals surface area contributed by atoms with Gasteiger partial charge in [0.25, 0.3) is 5.91 Å². The summed E-state index contributed by atoms with van der Waals surface area (Å²) in [5.74, 6) is -0.0451. The number of carbonyl (C=O) groups excluding carboxylic acids is 1. The van der Waals surface area contributed by atoms with Crippen molar-refractivity contribution in [2.45, 2.75) is 32.7 Å². The summed E-state index contributed by atoms with van der Waals surface area (Å²) in [6, 6.07) is 10.0. The van der Waals surface area contributed by atoms with Crippen molar-refractivity contribution in [1.29, 1.82) is 0 Å². The van der Waals surface area contributed by atoms with Crippen LogP contribution in [-0.2, 0) is 11.3 Å². The third-order valence-electron chi connectivity index (χ3n) is 7.19. The highest BCUT2D eigenvalue weighted by Crippen LogP contribution is 2.29. The molecular weight excluding hydrogens is 473 g/mol. The maximum absolute atomic E-state index is 15.2. The summed E-state index contributed by atoms with van der Waals surface area (Å²) in [5.41, 5.74) is 1.76. The van der Waals surface area contributed by atoms with Gasteiger partial charge in [0.1, 0.15) is 11.6 Å². The summed E-state index contributed by atoms with van der Waals surface area (Å²) in [7, 11) is 0. The maximum Gasteiger partial charge on any atom is 0.253 e. The molecule has 7 nitrogen and oxygen atoms in total. The van der Waals surface area contributed by atoms with E-state index >= 15 is 4.39 Å². The monoisotopic (exact) mass is 507 g/mol. The molecule has 0 atom stereocenters. The Hall–Kier alpha value is -3.23. The topological polar surface area (TPSA) is 64.0 Å². The van der Waals surface area contributed by atoms with Crippen molar-refractivity contribution in [3.63, 3.8) is 0 Å². The van der Waals surface area contributed by atoms with E-state index in [1.807, 2.05) is 16.4 Å². The fraction of sp³-hybridized carbons (Fsp3) is 0.448. The van der Waals surface area contributed by atoms with Crippen LogP contribution in [0.3, 0.4) is 0 Å². The second-order valence-corrected chi connectivity index (χ2v) is 9.71. The van der Waals surface area contributed by atoms with Gasteiger partial charge >= 0.3 is 0 Å². The van der Waals surface area contributed by atoms with Gasteiger partial charge in [0.05, 0.1) is 30.7 Å². The molecule has 0 bridgehead atoms. The van der Waals surface area contributed by atoms with Crippen LogP contribution < -0.4 is 10.2 Å². The molecule has 37 heavy (non-hydrogen) atoms. The lowest BCUT2D eigenvalue weighted by atomic mass is 10.0. The van der Waals surface area contributed by atoms with Crippen LogP contribution >= 0.6 is 0 Å². The second-order valence-electron chi connectivity index (χ2n) is 9.71. The van der Waals surface area contributed by atoms with E-state index in [1.165, 1.54) is 6.07 Å². The first-order chi connectivity index (χ1) is 18.1. The summed E-state index contributed by atoms with van der Waals surface area (Å²) >= 11 is 0. The highest BCUT2D eigenvalue weighted by Gasteiger charge is 2.21. The smallest absolute Gasteiger partial charge is 0.253 e. The molecule has 2 aliphatic heterocycles. The van der Waals surface area contributed by atoms with Gasteiger partial charge < -0.3 is 18.9 Å². The number of benzene rings is 2. The zero-order valence-corrected chi connectivity index (χ0v) is 21.4. The predicted octanol–water partition coefficient (Wildman–Crippen LogP) is 4.16. The first-order valence-electron chi connectivity index (χ1n) is 13.2. The molecule has 1 aromatic heterocycles. The highest BCUT2D eigenvalue weighted by molar-refractivity contribution is 5.95. The van der Waals surface area contributed by atoms with Gasteiger partial charge in [-0.3, -0.25) is 14.5 Å². The third kappa shape index (κ3) is 5.40. The minimum Gasteiger partial charge on any atom is -0.491 e. The van der Waals surface area contributed by atoms with Crippen molar-refractivity contribution in [2.75, 3.05) is 52.5 Å². The Morgan fingerprint density at radius 1 is 1.00 bits per heavy atom. The quantitative estimate of drug-likeness (QED) is 0.458. The van der Waals surface area contributed by atoms with E-state index in [9.17, 15) is 9.59 Å². The van der Waals surface area contributed by atoms with Crippen LogP contribution in [0.1, 0.15) is 36.5 Å². The van der Waals surface area contributed by atoms with Gasteiger partial charge in [0.2, 0.25) is 0 Å². The summed E-state index contributed by atoms with van der Waals surface area (Å²) in [4.78, 5) is 30.6. The number of pyridine rings is 1. The standard InChI is InChI=1S/C29H34FN3O4/c1-2-17-37-25-10-9-24(30)26-27(25)33(14-13-31-15-18-36-19-16-31)20-23(28(26)34)21-5-7-22(8-6-21)29(35)32-11-3-4-12-32/h5-10,20H,2-4,11-19H2,1H3. The van der Waals surface area contributed by atoms with Gasteiger partial charge in [-0.25, -0.2) is 4.39 Å². The number of nitrogens with zero attached hydrogens (tertiary/aromatic N) is 3. The summed E-state index contributed by atoms with van der Waals surface area (Å²) in [6.07, 6.45) is 4.67. The Kier molecular flexibility index (Phi) is 7.86. The average Bonchev–Trinajstić information content (AvgIpc) is 3.48. The minimum atomic E-state index is -0.563. The van der Waals surface area contributed by atoms with Crippen molar-refractivity contribution >= 4 is 16.8 Å². The van der Waals surface area contributed by atoms with Crippen LogP contribution in [0.5, 0.6) is 5.75 Å². The second kappa shape index (κ2) is 11.4. The van der Waals surface area contributed by atoms with Crippen LogP contribution in [0.2, 0.25) is 0 Å². The van der Waals surface area contributed by atoms with Gasteiger partial charge in [0.15, 0.2) is 5.43 Å². The van der Waals surface area contributed by atoms with Crippen molar-refractivity contribution in [1.82, 2.24) is 14.4 Å². The SMILES string of the molecule is CCCOc1ccc(F)c2c(=O)c(-c3ccc(C(=O)N4CCCC4)cc3)cn(CCN3CCOCC3)c12. The molecule has 0 aliphatic carbocycles. The fourth-order valence-corrected chi connectivity index (χ4v) is 5.14. The van der Waals surface area contributed by atoms with E-state index in [-0.39, 0.29) is 16.7 Å². The van der Waals surface area contributed by atoms with Gasteiger partial charge in [0, 0.05) is 56.6 Å². The predicted molar refractivity (Wildman–Crippen MR) is 142 cm³/mol. The lowest BCUT2D eigenvalue weighted by Crippen LogP contribution is -2.38. The Morgan fingerprint density at radius 2 is 1.73 bits per heavy atom. The first kappa shape index (κ1) is 25.4. The molecule has 8 heteroatoms. The number of morpholine rings is 1. The van der Waals surface area contributed by atoms with Gasteiger partial charge in [-0.1, -0.05) is 19.1 Å². The van der Waals surface area contributed by atoms with E-state index in [1.54, 1.807) is 36.5 Å². The first-order valence-corrected chi connectivity index (χ1v) is 13.2. The van der Waals surface area contributed by atoms with Crippen LogP contribution in [0, 0.1) is 5.82 Å². The van der Waals surface area contributed by atoms with Crippen molar-refractivity contribution in [2.24, 2.45) is 0 Å². The molecule has 0 radical (unpaired) electrons. The third-order valence-corrected chi connectivity index (χ3v) is 7.19. The molecule has 2 saturated heterocycles. The average molecular weight is 508 g/mol. The molecule has 3 aromatic rings. The van der Waals surface area contributed by atoms with Crippen LogP contribution in [0.25, 0.3) is 22.0 Å². The molecule has 196 valence electrons. The zero-order chi connectivity index (χ0) is 25.8. The number of likely N-dealkylation sites (tertiary alicyclic amines) is 1. The number of halogens is 1. The highest BCUT2D eigenvalue weighted by atomic mass is 19.1. The van der Waals surface area contributed by atoms with Crippen LogP contribution in [0.15, 0.2) is 47.4 Å². The number of ether oxygens (including phenoxy) is 2. The largest absolute Gasteiger partial charge is 0.491 e. The molecule has 2 fully saturated rings. The van der Waals surface area contributed by atoms with E-state index in [4.69, 9.17) is 9.47 Å². The molecule has 0 N–H and O–H groups in total. The Bertz CT molecular complexity index is 1310. The molecule has 1 amide bonds. The Labute approximate surface area is 216 Å². The molecule has 2 aliphatic rings. The molecule has 5 rings (SSSR count). The van der Waals surface area contributed by atoms with Gasteiger partial charge in [-0.2, -0.15) is 0 Å². The number of carbonyl (C=O) groups is 1. The number of amides is 1. The maximum atomic E-state index is 15.2. The van der Waals surface area contributed by atoms with Crippen LogP contribution in [0.4, 0.5) is 4.39 Å². The number of hydrogen-bond acceptors (Lipinski definition) is 5. The van der Waals surface area contributed by atoms with Crippen molar-refractivity contribution in [3.8, 4) is 16.9 Å². The Balaban J connectivity index is 1.55. The number of aromatic nitrogens is 1. The molecule has 2 aromatic carbocycles. The zero-order valence-electron chi connectivity index (χ0n) is 21.4.